The van der Waals surface area contributed by atoms with Crippen LogP contribution in [0.5, 0.6) is 0 Å². The summed E-state index contributed by atoms with van der Waals surface area (Å²) < 4.78 is 20.2. The fourth-order valence-corrected chi connectivity index (χ4v) is 2.25. The minimum Gasteiger partial charge on any atom is -0.376 e. The summed E-state index contributed by atoms with van der Waals surface area (Å²) in [6, 6.07) is 4.09. The van der Waals surface area contributed by atoms with Crippen molar-refractivity contribution >= 4 is 11.6 Å². The third-order valence-electron chi connectivity index (χ3n) is 3.25. The van der Waals surface area contributed by atoms with Crippen molar-refractivity contribution in [2.75, 3.05) is 11.9 Å². The Hall–Kier alpha value is -2.28. The maximum Gasteiger partial charge on any atom is 0.274 e. The number of carbonyl (C=O) groups excluding carboxylic acids is 1. The first-order valence-electron chi connectivity index (χ1n) is 6.79. The zero-order chi connectivity index (χ0) is 14.7. The Morgan fingerprint density at radius 1 is 1.52 bits per heavy atom. The lowest BCUT2D eigenvalue weighted by Crippen LogP contribution is -2.15. The molecule has 6 nitrogen and oxygen atoms in total. The molecule has 0 spiro atoms. The van der Waals surface area contributed by atoms with Crippen LogP contribution < -0.4 is 5.32 Å². The van der Waals surface area contributed by atoms with Crippen molar-refractivity contribution < 1.29 is 13.9 Å². The summed E-state index contributed by atoms with van der Waals surface area (Å²) in [5.41, 5.74) is 0.575. The predicted octanol–water partition coefficient (Wildman–Crippen LogP) is 1.85. The second-order valence-electron chi connectivity index (χ2n) is 4.89. The first-order valence-corrected chi connectivity index (χ1v) is 6.79. The number of anilines is 1. The van der Waals surface area contributed by atoms with Crippen LogP contribution in [0.4, 0.5) is 10.1 Å². The zero-order valence-electron chi connectivity index (χ0n) is 11.3. The molecule has 1 saturated heterocycles. The average molecular weight is 290 g/mol. The third kappa shape index (κ3) is 3.43. The second-order valence-corrected chi connectivity index (χ2v) is 4.89. The summed E-state index contributed by atoms with van der Waals surface area (Å²) in [4.78, 5) is 15.5. The lowest BCUT2D eigenvalue weighted by Gasteiger charge is -2.08. The lowest BCUT2D eigenvalue weighted by molar-refractivity contribution is 0.0940. The molecular weight excluding hydrogens is 275 g/mol. The van der Waals surface area contributed by atoms with Crippen molar-refractivity contribution in [3.8, 4) is 0 Å². The van der Waals surface area contributed by atoms with Crippen LogP contribution in [0.2, 0.25) is 0 Å². The Balaban J connectivity index is 1.62. The minimum atomic E-state index is -0.684. The lowest BCUT2D eigenvalue weighted by atomic mass is 10.2. The van der Waals surface area contributed by atoms with Gasteiger partial charge in [-0.3, -0.25) is 9.48 Å². The molecule has 0 bridgehead atoms. The Kier molecular flexibility index (Phi) is 3.92. The van der Waals surface area contributed by atoms with Crippen molar-refractivity contribution in [1.29, 1.82) is 0 Å². The summed E-state index contributed by atoms with van der Waals surface area (Å²) >= 11 is 0. The number of rotatable bonds is 4. The Morgan fingerprint density at radius 2 is 2.43 bits per heavy atom. The molecule has 7 heteroatoms. The van der Waals surface area contributed by atoms with Gasteiger partial charge in [0.05, 0.1) is 24.5 Å². The van der Waals surface area contributed by atoms with Gasteiger partial charge >= 0.3 is 0 Å². The van der Waals surface area contributed by atoms with E-state index in [0.717, 1.165) is 19.4 Å². The van der Waals surface area contributed by atoms with Crippen molar-refractivity contribution in [2.24, 2.45) is 0 Å². The van der Waals surface area contributed by atoms with Crippen LogP contribution >= 0.6 is 0 Å². The number of carbonyl (C=O) groups is 1. The molecule has 21 heavy (non-hydrogen) atoms. The average Bonchev–Trinajstić information content (AvgIpc) is 3.11. The first kappa shape index (κ1) is 13.7. The number of hydrogen-bond donors (Lipinski definition) is 1. The number of halogens is 1. The van der Waals surface area contributed by atoms with E-state index >= 15 is 0 Å². The van der Waals surface area contributed by atoms with Crippen molar-refractivity contribution in [3.05, 3.63) is 42.2 Å². The van der Waals surface area contributed by atoms with Gasteiger partial charge in [0, 0.05) is 12.8 Å². The topological polar surface area (TPSA) is 69.0 Å². The van der Waals surface area contributed by atoms with Crippen LogP contribution in [0, 0.1) is 5.95 Å². The van der Waals surface area contributed by atoms with Gasteiger partial charge in [-0.2, -0.15) is 9.49 Å². The Morgan fingerprint density at radius 3 is 3.19 bits per heavy atom. The van der Waals surface area contributed by atoms with E-state index in [9.17, 15) is 9.18 Å². The predicted molar refractivity (Wildman–Crippen MR) is 73.3 cm³/mol. The molecule has 1 atom stereocenters. The molecule has 1 aliphatic rings. The molecule has 0 saturated carbocycles. The Bertz CT molecular complexity index is 637. The van der Waals surface area contributed by atoms with E-state index in [2.05, 4.69) is 15.4 Å². The number of hydrogen-bond acceptors (Lipinski definition) is 4. The van der Waals surface area contributed by atoms with Gasteiger partial charge in [0.25, 0.3) is 5.91 Å². The van der Waals surface area contributed by atoms with Gasteiger partial charge in [-0.1, -0.05) is 6.07 Å². The maximum absolute atomic E-state index is 13.0. The third-order valence-corrected chi connectivity index (χ3v) is 3.25. The molecule has 2 aromatic heterocycles. The molecule has 3 rings (SSSR count). The fraction of sp³-hybridized carbons (Fsp3) is 0.357. The van der Waals surface area contributed by atoms with Crippen molar-refractivity contribution in [3.63, 3.8) is 0 Å². The van der Waals surface area contributed by atoms with E-state index in [1.165, 1.54) is 18.2 Å². The van der Waals surface area contributed by atoms with Crippen molar-refractivity contribution in [2.45, 2.75) is 25.5 Å². The van der Waals surface area contributed by atoms with E-state index in [0.29, 0.717) is 12.2 Å². The first-order chi connectivity index (χ1) is 10.2. The molecule has 3 heterocycles. The summed E-state index contributed by atoms with van der Waals surface area (Å²) in [6.07, 6.45) is 5.54. The van der Waals surface area contributed by atoms with E-state index in [1.54, 1.807) is 17.1 Å². The summed E-state index contributed by atoms with van der Waals surface area (Å²) in [5, 5.41) is 6.81. The number of amides is 1. The number of ether oxygens (including phenoxy) is 1. The molecule has 0 radical (unpaired) electrons. The highest BCUT2D eigenvalue weighted by atomic mass is 19.1. The highest BCUT2D eigenvalue weighted by Crippen LogP contribution is 2.15. The summed E-state index contributed by atoms with van der Waals surface area (Å²) in [6.45, 7) is 1.45. The van der Waals surface area contributed by atoms with Crippen LogP contribution in [0.3, 0.4) is 0 Å². The van der Waals surface area contributed by atoms with Gasteiger partial charge in [-0.15, -0.1) is 0 Å². The molecule has 1 amide bonds. The minimum absolute atomic E-state index is 0.0295. The molecule has 1 unspecified atom stereocenters. The van der Waals surface area contributed by atoms with Gasteiger partial charge in [0.2, 0.25) is 5.95 Å². The largest absolute Gasteiger partial charge is 0.376 e. The molecule has 2 aromatic rings. The molecule has 0 aromatic carbocycles. The monoisotopic (exact) mass is 290 g/mol. The highest BCUT2D eigenvalue weighted by molar-refractivity contribution is 6.02. The molecule has 1 fully saturated rings. The quantitative estimate of drug-likeness (QED) is 0.872. The van der Waals surface area contributed by atoms with Gasteiger partial charge < -0.3 is 10.1 Å². The van der Waals surface area contributed by atoms with Crippen LogP contribution in [-0.4, -0.2) is 33.4 Å². The van der Waals surface area contributed by atoms with E-state index in [1.807, 2.05) is 0 Å². The van der Waals surface area contributed by atoms with Gasteiger partial charge in [-0.05, 0) is 25.0 Å². The SMILES string of the molecule is O=C(Nc1cnn(CC2CCCO2)c1)c1cccc(F)n1. The highest BCUT2D eigenvalue weighted by Gasteiger charge is 2.17. The molecular formula is C14H15FN4O2. The second kappa shape index (κ2) is 6.01. The van der Waals surface area contributed by atoms with Gasteiger partial charge in [-0.25, -0.2) is 4.98 Å². The molecule has 0 aliphatic carbocycles. The summed E-state index contributed by atoms with van der Waals surface area (Å²) in [5.74, 6) is -1.15. The fourth-order valence-electron chi connectivity index (χ4n) is 2.25. The number of nitrogens with zero attached hydrogens (tertiary/aromatic N) is 3. The van der Waals surface area contributed by atoms with Crippen LogP contribution in [0.1, 0.15) is 23.3 Å². The van der Waals surface area contributed by atoms with Crippen LogP contribution in [-0.2, 0) is 11.3 Å². The molecule has 1 aliphatic heterocycles. The standard InChI is InChI=1S/C14H15FN4O2/c15-13-5-1-4-12(18-13)14(20)17-10-7-16-19(8-10)9-11-3-2-6-21-11/h1,4-5,7-8,11H,2-3,6,9H2,(H,17,20). The van der Waals surface area contributed by atoms with Crippen molar-refractivity contribution in [1.82, 2.24) is 14.8 Å². The van der Waals surface area contributed by atoms with Crippen LogP contribution in [0.15, 0.2) is 30.6 Å². The van der Waals surface area contributed by atoms with Gasteiger partial charge in [0.1, 0.15) is 5.69 Å². The number of pyridine rings is 1. The van der Waals surface area contributed by atoms with E-state index in [4.69, 9.17) is 4.74 Å². The van der Waals surface area contributed by atoms with Crippen LogP contribution in [0.25, 0.3) is 0 Å². The molecule has 1 N–H and O–H groups in total. The number of nitrogens with one attached hydrogen (secondary N) is 1. The molecule has 110 valence electrons. The van der Waals surface area contributed by atoms with Gasteiger partial charge in [0.15, 0.2) is 0 Å². The summed E-state index contributed by atoms with van der Waals surface area (Å²) in [7, 11) is 0. The number of aromatic nitrogens is 3. The van der Waals surface area contributed by atoms with E-state index < -0.39 is 11.9 Å². The van der Waals surface area contributed by atoms with E-state index in [-0.39, 0.29) is 11.8 Å². The zero-order valence-corrected chi connectivity index (χ0v) is 11.3. The smallest absolute Gasteiger partial charge is 0.274 e. The maximum atomic E-state index is 13.0. The normalized spacial score (nSPS) is 17.9. The Labute approximate surface area is 120 Å².